The summed E-state index contributed by atoms with van der Waals surface area (Å²) in [7, 11) is 0. The highest BCUT2D eigenvalue weighted by molar-refractivity contribution is 6.31. The molecule has 106 valence electrons. The zero-order chi connectivity index (χ0) is 14.2. The molecule has 1 aliphatic rings. The fourth-order valence-electron chi connectivity index (χ4n) is 2.04. The van der Waals surface area contributed by atoms with Gasteiger partial charge in [0.25, 0.3) is 0 Å². The number of aromatic nitrogens is 2. The summed E-state index contributed by atoms with van der Waals surface area (Å²) in [5, 5.41) is 10.7. The zero-order valence-corrected chi connectivity index (χ0v) is 12.3. The zero-order valence-electron chi connectivity index (χ0n) is 10.8. The van der Waals surface area contributed by atoms with Crippen LogP contribution in [-0.2, 0) is 5.88 Å². The number of hydrogen-bond donors (Lipinski definition) is 1. The van der Waals surface area contributed by atoms with E-state index in [-0.39, 0.29) is 17.9 Å². The molecule has 20 heavy (non-hydrogen) atoms. The summed E-state index contributed by atoms with van der Waals surface area (Å²) in [6, 6.07) is 5.38. The van der Waals surface area contributed by atoms with Gasteiger partial charge in [-0.05, 0) is 31.0 Å². The number of alkyl halides is 1. The van der Waals surface area contributed by atoms with Crippen molar-refractivity contribution in [1.29, 1.82) is 0 Å². The predicted molar refractivity (Wildman–Crippen MR) is 78.4 cm³/mol. The van der Waals surface area contributed by atoms with Crippen molar-refractivity contribution in [2.75, 3.05) is 13.2 Å². The fraction of sp³-hybridized carbons (Fsp3) is 0.429. The van der Waals surface area contributed by atoms with Gasteiger partial charge in [0.05, 0.1) is 30.0 Å². The number of halogens is 2. The summed E-state index contributed by atoms with van der Waals surface area (Å²) in [4.78, 5) is 8.66. The highest BCUT2D eigenvalue weighted by Gasteiger charge is 2.43. The van der Waals surface area contributed by atoms with Crippen LogP contribution in [0.25, 0.3) is 10.9 Å². The van der Waals surface area contributed by atoms with Crippen LogP contribution in [-0.4, -0.2) is 28.3 Å². The van der Waals surface area contributed by atoms with Gasteiger partial charge in [0.15, 0.2) is 0 Å². The van der Waals surface area contributed by atoms with E-state index in [1.807, 2.05) is 6.07 Å². The van der Waals surface area contributed by atoms with Gasteiger partial charge in [-0.15, -0.1) is 11.6 Å². The molecule has 2 aromatic rings. The molecule has 3 rings (SSSR count). The first-order valence-electron chi connectivity index (χ1n) is 6.42. The molecule has 4 nitrogen and oxygen atoms in total. The van der Waals surface area contributed by atoms with Crippen LogP contribution in [0.2, 0.25) is 5.02 Å². The van der Waals surface area contributed by atoms with Crippen LogP contribution in [0.4, 0.5) is 0 Å². The minimum absolute atomic E-state index is 0.0924. The van der Waals surface area contributed by atoms with E-state index in [4.69, 9.17) is 27.9 Å². The number of nitrogens with zero attached hydrogens (tertiary/aromatic N) is 2. The van der Waals surface area contributed by atoms with Crippen molar-refractivity contribution in [1.82, 2.24) is 9.97 Å². The maximum absolute atomic E-state index is 9.33. The van der Waals surface area contributed by atoms with E-state index in [0.717, 1.165) is 18.2 Å². The number of aliphatic hydroxyl groups is 1. The Labute approximate surface area is 126 Å². The molecule has 1 N–H and O–H groups in total. The fourth-order valence-corrected chi connectivity index (χ4v) is 2.32. The largest absolute Gasteiger partial charge is 0.476 e. The van der Waals surface area contributed by atoms with Crippen LogP contribution in [0.3, 0.4) is 0 Å². The standard InChI is InChI=1S/C14H14Cl2N2O2/c15-6-12-17-11-5-9(16)1-2-10(11)13(18-12)20-8-14(7-19)3-4-14/h1-2,5,19H,3-4,6-8H2. The normalized spacial score (nSPS) is 16.4. The monoisotopic (exact) mass is 312 g/mol. The number of hydrogen-bond acceptors (Lipinski definition) is 4. The molecule has 0 amide bonds. The van der Waals surface area contributed by atoms with E-state index in [2.05, 4.69) is 9.97 Å². The average molecular weight is 313 g/mol. The lowest BCUT2D eigenvalue weighted by molar-refractivity contribution is 0.144. The number of aliphatic hydroxyl groups excluding tert-OH is 1. The molecule has 1 aromatic carbocycles. The van der Waals surface area contributed by atoms with E-state index in [0.29, 0.717) is 28.9 Å². The van der Waals surface area contributed by atoms with E-state index >= 15 is 0 Å². The molecule has 1 fully saturated rings. The van der Waals surface area contributed by atoms with Crippen LogP contribution < -0.4 is 4.74 Å². The van der Waals surface area contributed by atoms with Crippen molar-refractivity contribution >= 4 is 34.1 Å². The molecule has 1 aromatic heterocycles. The molecule has 0 spiro atoms. The smallest absolute Gasteiger partial charge is 0.224 e. The molecule has 1 aliphatic carbocycles. The molecule has 1 heterocycles. The Hall–Kier alpha value is -1.10. The van der Waals surface area contributed by atoms with Gasteiger partial charge in [-0.3, -0.25) is 0 Å². The van der Waals surface area contributed by atoms with Gasteiger partial charge in [-0.1, -0.05) is 11.6 Å². The van der Waals surface area contributed by atoms with Crippen LogP contribution in [0.15, 0.2) is 18.2 Å². The van der Waals surface area contributed by atoms with Crippen LogP contribution in [0.1, 0.15) is 18.7 Å². The van der Waals surface area contributed by atoms with Crippen LogP contribution in [0.5, 0.6) is 5.88 Å². The Balaban J connectivity index is 1.95. The Morgan fingerprint density at radius 3 is 2.75 bits per heavy atom. The van der Waals surface area contributed by atoms with Crippen LogP contribution >= 0.6 is 23.2 Å². The number of benzene rings is 1. The molecule has 0 radical (unpaired) electrons. The lowest BCUT2D eigenvalue weighted by atomic mass is 10.1. The first-order valence-corrected chi connectivity index (χ1v) is 7.33. The summed E-state index contributed by atoms with van der Waals surface area (Å²) < 4.78 is 5.81. The predicted octanol–water partition coefficient (Wildman–Crippen LogP) is 3.17. The van der Waals surface area contributed by atoms with Crippen molar-refractivity contribution in [2.24, 2.45) is 5.41 Å². The molecule has 0 aliphatic heterocycles. The van der Waals surface area contributed by atoms with Crippen molar-refractivity contribution in [3.8, 4) is 5.88 Å². The summed E-state index contributed by atoms with van der Waals surface area (Å²) in [6.07, 6.45) is 1.97. The summed E-state index contributed by atoms with van der Waals surface area (Å²) in [5.74, 6) is 1.22. The maximum atomic E-state index is 9.33. The maximum Gasteiger partial charge on any atom is 0.224 e. The Kier molecular flexibility index (Phi) is 3.71. The van der Waals surface area contributed by atoms with Crippen molar-refractivity contribution < 1.29 is 9.84 Å². The van der Waals surface area contributed by atoms with Gasteiger partial charge >= 0.3 is 0 Å². The highest BCUT2D eigenvalue weighted by Crippen LogP contribution is 2.45. The van der Waals surface area contributed by atoms with E-state index in [1.165, 1.54) is 0 Å². The highest BCUT2D eigenvalue weighted by atomic mass is 35.5. The molecular weight excluding hydrogens is 299 g/mol. The topological polar surface area (TPSA) is 55.2 Å². The average Bonchev–Trinajstić information content (AvgIpc) is 3.24. The van der Waals surface area contributed by atoms with Crippen molar-refractivity contribution in [3.05, 3.63) is 29.0 Å². The third-order valence-electron chi connectivity index (χ3n) is 3.60. The lowest BCUT2D eigenvalue weighted by Gasteiger charge is -2.14. The molecule has 0 atom stereocenters. The van der Waals surface area contributed by atoms with Gasteiger partial charge in [0, 0.05) is 10.4 Å². The van der Waals surface area contributed by atoms with Gasteiger partial charge in [-0.25, -0.2) is 4.98 Å². The van der Waals surface area contributed by atoms with E-state index in [9.17, 15) is 5.11 Å². The second-order valence-electron chi connectivity index (χ2n) is 5.19. The molecule has 6 heteroatoms. The first-order chi connectivity index (χ1) is 9.65. The molecule has 0 bridgehead atoms. The van der Waals surface area contributed by atoms with Gasteiger partial charge in [0.2, 0.25) is 5.88 Å². The SMILES string of the molecule is OCC1(COc2nc(CCl)nc3cc(Cl)ccc23)CC1. The Morgan fingerprint density at radius 1 is 1.30 bits per heavy atom. The minimum Gasteiger partial charge on any atom is -0.476 e. The van der Waals surface area contributed by atoms with Crippen molar-refractivity contribution in [3.63, 3.8) is 0 Å². The molecule has 1 saturated carbocycles. The minimum atomic E-state index is -0.0924. The summed E-state index contributed by atoms with van der Waals surface area (Å²) in [5.41, 5.74) is 0.622. The first kappa shape index (κ1) is 13.9. The molecule has 0 saturated heterocycles. The third kappa shape index (κ3) is 2.68. The number of fused-ring (bicyclic) bond motifs is 1. The van der Waals surface area contributed by atoms with Gasteiger partial charge in [-0.2, -0.15) is 4.98 Å². The summed E-state index contributed by atoms with van der Waals surface area (Å²) >= 11 is 11.8. The molecular formula is C14H14Cl2N2O2. The number of rotatable bonds is 5. The second-order valence-corrected chi connectivity index (χ2v) is 5.89. The van der Waals surface area contributed by atoms with E-state index in [1.54, 1.807) is 12.1 Å². The Bertz CT molecular complexity index is 644. The lowest BCUT2D eigenvalue weighted by Crippen LogP contribution is -2.18. The number of ether oxygens (including phenoxy) is 1. The van der Waals surface area contributed by atoms with Crippen molar-refractivity contribution in [2.45, 2.75) is 18.7 Å². The second kappa shape index (κ2) is 5.35. The van der Waals surface area contributed by atoms with E-state index < -0.39 is 0 Å². The molecule has 0 unspecified atom stereocenters. The third-order valence-corrected chi connectivity index (χ3v) is 4.07. The van der Waals surface area contributed by atoms with Crippen LogP contribution in [0, 0.1) is 5.41 Å². The van der Waals surface area contributed by atoms with Gasteiger partial charge < -0.3 is 9.84 Å². The quantitative estimate of drug-likeness (QED) is 0.862. The van der Waals surface area contributed by atoms with Gasteiger partial charge in [0.1, 0.15) is 5.82 Å². The summed E-state index contributed by atoms with van der Waals surface area (Å²) in [6.45, 7) is 0.601. The Morgan fingerprint density at radius 2 is 2.10 bits per heavy atom.